The van der Waals surface area contributed by atoms with Gasteiger partial charge in [-0.05, 0) is 50.3 Å². The Morgan fingerprint density at radius 2 is 1.96 bits per heavy atom. The van der Waals surface area contributed by atoms with Crippen molar-refractivity contribution in [1.29, 1.82) is 0 Å². The van der Waals surface area contributed by atoms with Crippen LogP contribution in [-0.2, 0) is 26.4 Å². The second-order valence-electron chi connectivity index (χ2n) is 7.07. The molecule has 6 nitrogen and oxygen atoms in total. The Hall–Kier alpha value is -2.25. The molecule has 144 valence electrons. The molecule has 1 aromatic carbocycles. The van der Waals surface area contributed by atoms with Crippen LogP contribution in [0.3, 0.4) is 0 Å². The zero-order valence-electron chi connectivity index (χ0n) is 15.6. The van der Waals surface area contributed by atoms with Gasteiger partial charge in [0.05, 0.1) is 11.5 Å². The fraction of sp³-hybridized carbons (Fsp3) is 0.400. The minimum Gasteiger partial charge on any atom is -0.369 e. The van der Waals surface area contributed by atoms with Gasteiger partial charge in [-0.15, -0.1) is 0 Å². The molecule has 27 heavy (non-hydrogen) atoms. The average Bonchev–Trinajstić information content (AvgIpc) is 3.47. The topological polar surface area (TPSA) is 82.4 Å². The van der Waals surface area contributed by atoms with Crippen molar-refractivity contribution in [3.8, 4) is 11.1 Å². The SMILES string of the molecule is Cc1cc(-c2ccccc2S(=O)(=O)C(=O)C(C)OCC2CC2)cn(C)c1=O. The number of sulfone groups is 1. The van der Waals surface area contributed by atoms with Crippen LogP contribution >= 0.6 is 0 Å². The molecule has 1 unspecified atom stereocenters. The Bertz CT molecular complexity index is 1010. The van der Waals surface area contributed by atoms with E-state index in [9.17, 15) is 18.0 Å². The zero-order chi connectivity index (χ0) is 19.8. The molecule has 0 N–H and O–H groups in total. The van der Waals surface area contributed by atoms with Crippen molar-refractivity contribution < 1.29 is 17.9 Å². The van der Waals surface area contributed by atoms with Crippen LogP contribution in [0.1, 0.15) is 25.3 Å². The first-order valence-corrected chi connectivity index (χ1v) is 10.4. The Kier molecular flexibility index (Phi) is 5.35. The lowest BCUT2D eigenvalue weighted by atomic mass is 10.1. The smallest absolute Gasteiger partial charge is 0.279 e. The molecular weight excluding hydrogens is 366 g/mol. The first-order chi connectivity index (χ1) is 12.7. The Morgan fingerprint density at radius 1 is 1.30 bits per heavy atom. The number of nitrogens with zero attached hydrogens (tertiary/aromatic N) is 1. The van der Waals surface area contributed by atoms with Crippen LogP contribution in [0.2, 0.25) is 0 Å². The first-order valence-electron chi connectivity index (χ1n) is 8.89. The van der Waals surface area contributed by atoms with Crippen molar-refractivity contribution in [2.75, 3.05) is 6.61 Å². The molecule has 1 saturated carbocycles. The number of benzene rings is 1. The molecule has 0 spiro atoms. The highest BCUT2D eigenvalue weighted by atomic mass is 32.2. The van der Waals surface area contributed by atoms with Crippen LogP contribution in [0.4, 0.5) is 0 Å². The van der Waals surface area contributed by atoms with Gasteiger partial charge in [-0.25, -0.2) is 8.42 Å². The summed E-state index contributed by atoms with van der Waals surface area (Å²) in [4.78, 5) is 24.5. The lowest BCUT2D eigenvalue weighted by molar-refractivity contribution is -0.121. The van der Waals surface area contributed by atoms with Gasteiger partial charge in [0.2, 0.25) is 9.84 Å². The van der Waals surface area contributed by atoms with Gasteiger partial charge in [-0.1, -0.05) is 18.2 Å². The fourth-order valence-electron chi connectivity index (χ4n) is 2.92. The predicted molar refractivity (Wildman–Crippen MR) is 102 cm³/mol. The van der Waals surface area contributed by atoms with Crippen LogP contribution in [0.15, 0.2) is 46.2 Å². The number of rotatable bonds is 6. The molecule has 1 aliphatic rings. The highest BCUT2D eigenvalue weighted by molar-refractivity contribution is 8.06. The number of ether oxygens (including phenoxy) is 1. The molecule has 2 aromatic rings. The normalized spacial score (nSPS) is 15.5. The summed E-state index contributed by atoms with van der Waals surface area (Å²) in [6, 6.07) is 7.96. The van der Waals surface area contributed by atoms with Gasteiger partial charge in [0.1, 0.15) is 6.10 Å². The number of aromatic nitrogens is 1. The summed E-state index contributed by atoms with van der Waals surface area (Å²) in [6.45, 7) is 3.55. The van der Waals surface area contributed by atoms with Gasteiger partial charge >= 0.3 is 0 Å². The molecule has 1 fully saturated rings. The fourth-order valence-corrected chi connectivity index (χ4v) is 4.38. The molecule has 3 rings (SSSR count). The maximum absolute atomic E-state index is 13.0. The van der Waals surface area contributed by atoms with Crippen molar-refractivity contribution in [1.82, 2.24) is 4.57 Å². The Labute approximate surface area is 158 Å². The van der Waals surface area contributed by atoms with Gasteiger partial charge in [-0.3, -0.25) is 9.59 Å². The highest BCUT2D eigenvalue weighted by Crippen LogP contribution is 2.31. The quantitative estimate of drug-likeness (QED) is 0.758. The molecule has 0 aliphatic heterocycles. The van der Waals surface area contributed by atoms with Gasteiger partial charge in [0.25, 0.3) is 10.7 Å². The molecule has 1 aliphatic carbocycles. The van der Waals surface area contributed by atoms with E-state index in [4.69, 9.17) is 4.74 Å². The van der Waals surface area contributed by atoms with Crippen molar-refractivity contribution in [2.24, 2.45) is 13.0 Å². The van der Waals surface area contributed by atoms with Crippen LogP contribution in [0, 0.1) is 12.8 Å². The van der Waals surface area contributed by atoms with Gasteiger partial charge < -0.3 is 9.30 Å². The molecule has 0 amide bonds. The van der Waals surface area contributed by atoms with Crippen molar-refractivity contribution in [2.45, 2.75) is 37.7 Å². The maximum Gasteiger partial charge on any atom is 0.279 e. The molecule has 7 heteroatoms. The Balaban J connectivity index is 1.99. The van der Waals surface area contributed by atoms with E-state index < -0.39 is 21.1 Å². The van der Waals surface area contributed by atoms with E-state index in [0.717, 1.165) is 12.8 Å². The minimum atomic E-state index is -4.23. The van der Waals surface area contributed by atoms with Crippen molar-refractivity contribution >= 4 is 15.0 Å². The summed E-state index contributed by atoms with van der Waals surface area (Å²) < 4.78 is 32.8. The maximum atomic E-state index is 13.0. The third kappa shape index (κ3) is 4.04. The zero-order valence-corrected chi connectivity index (χ0v) is 16.5. The standard InChI is InChI=1S/C20H23NO5S/c1-13-10-16(11-21(3)19(13)22)17-6-4-5-7-18(17)27(24,25)20(23)14(2)26-12-15-8-9-15/h4-7,10-11,14-15H,8-9,12H2,1-3H3. The minimum absolute atomic E-state index is 0.0741. The number of hydrogen-bond donors (Lipinski definition) is 0. The van der Waals surface area contributed by atoms with Gasteiger partial charge in [-0.2, -0.15) is 0 Å². The molecule has 0 saturated heterocycles. The van der Waals surface area contributed by atoms with Crippen molar-refractivity contribution in [3.63, 3.8) is 0 Å². The third-order valence-corrected chi connectivity index (χ3v) is 6.52. The van der Waals surface area contributed by atoms with E-state index in [-0.39, 0.29) is 10.5 Å². The number of pyridine rings is 1. The van der Waals surface area contributed by atoms with Gasteiger partial charge in [0, 0.05) is 24.4 Å². The van der Waals surface area contributed by atoms with E-state index in [1.807, 2.05) is 0 Å². The molecular formula is C20H23NO5S. The van der Waals surface area contributed by atoms with Crippen LogP contribution in [0.25, 0.3) is 11.1 Å². The molecule has 1 aromatic heterocycles. The van der Waals surface area contributed by atoms with E-state index in [0.29, 0.717) is 29.2 Å². The third-order valence-electron chi connectivity index (χ3n) is 4.73. The number of aryl methyl sites for hydroxylation is 2. The molecule has 1 heterocycles. The second-order valence-corrected chi connectivity index (χ2v) is 8.91. The first kappa shape index (κ1) is 19.5. The van der Waals surface area contributed by atoms with Crippen LogP contribution in [-0.4, -0.2) is 30.8 Å². The Morgan fingerprint density at radius 3 is 2.59 bits per heavy atom. The van der Waals surface area contributed by atoms with E-state index in [1.165, 1.54) is 17.6 Å². The summed E-state index contributed by atoms with van der Waals surface area (Å²) in [5.74, 6) is 0.434. The highest BCUT2D eigenvalue weighted by Gasteiger charge is 2.33. The largest absolute Gasteiger partial charge is 0.369 e. The molecule has 0 radical (unpaired) electrons. The van der Waals surface area contributed by atoms with Crippen LogP contribution < -0.4 is 5.56 Å². The lowest BCUT2D eigenvalue weighted by Gasteiger charge is -2.15. The monoisotopic (exact) mass is 389 g/mol. The molecule has 0 bridgehead atoms. The van der Waals surface area contributed by atoms with E-state index in [2.05, 4.69) is 0 Å². The summed E-state index contributed by atoms with van der Waals surface area (Å²) in [5, 5.41) is -0.947. The predicted octanol–water partition coefficient (Wildman–Crippen LogP) is 2.48. The summed E-state index contributed by atoms with van der Waals surface area (Å²) >= 11 is 0. The number of hydrogen-bond acceptors (Lipinski definition) is 5. The second kappa shape index (κ2) is 7.40. The molecule has 1 atom stereocenters. The van der Waals surface area contributed by atoms with Gasteiger partial charge in [0.15, 0.2) is 0 Å². The summed E-state index contributed by atoms with van der Waals surface area (Å²) in [5.41, 5.74) is 1.29. The van der Waals surface area contributed by atoms with Crippen molar-refractivity contribution in [3.05, 3.63) is 52.4 Å². The number of carbonyl (C=O) groups excluding carboxylic acids is 1. The lowest BCUT2D eigenvalue weighted by Crippen LogP contribution is -2.29. The van der Waals surface area contributed by atoms with Crippen LogP contribution in [0.5, 0.6) is 0 Å². The number of carbonyl (C=O) groups is 1. The summed E-state index contributed by atoms with van der Waals surface area (Å²) in [6.07, 6.45) is 2.66. The van der Waals surface area contributed by atoms with E-state index in [1.54, 1.807) is 44.4 Å². The average molecular weight is 389 g/mol. The van der Waals surface area contributed by atoms with E-state index >= 15 is 0 Å². The summed E-state index contributed by atoms with van der Waals surface area (Å²) in [7, 11) is -2.63.